The number of thioether (sulfide) groups is 1. The fourth-order valence-corrected chi connectivity index (χ4v) is 8.18. The molecule has 0 aliphatic carbocycles. The molecular weight excluding hydrogens is 544 g/mol. The monoisotopic (exact) mass is 580 g/mol. The highest BCUT2D eigenvalue weighted by atomic mass is 32.2. The highest BCUT2D eigenvalue weighted by molar-refractivity contribution is 7.99. The molecule has 2 unspecified atom stereocenters. The van der Waals surface area contributed by atoms with Gasteiger partial charge in [0.15, 0.2) is 0 Å². The number of anilines is 2. The third-order valence-electron chi connectivity index (χ3n) is 8.81. The molecule has 0 bridgehead atoms. The minimum absolute atomic E-state index is 0.143. The Morgan fingerprint density at radius 2 is 1.82 bits per heavy atom. The fourth-order valence-electron chi connectivity index (χ4n) is 6.58. The Kier molecular flexibility index (Phi) is 7.38. The zero-order chi connectivity index (χ0) is 27.2. The van der Waals surface area contributed by atoms with Gasteiger partial charge in [0.2, 0.25) is 17.8 Å². The van der Waals surface area contributed by atoms with Crippen LogP contribution in [0.1, 0.15) is 40.6 Å². The molecule has 0 saturated carbocycles. The van der Waals surface area contributed by atoms with Crippen LogP contribution in [0.15, 0.2) is 23.1 Å². The van der Waals surface area contributed by atoms with Gasteiger partial charge in [0.1, 0.15) is 5.82 Å². The number of nitrogens with zero attached hydrogens (tertiary/aromatic N) is 6. The summed E-state index contributed by atoms with van der Waals surface area (Å²) in [5.74, 6) is 2.72. The summed E-state index contributed by atoms with van der Waals surface area (Å²) in [4.78, 5) is 45.1. The number of imide groups is 1. The first-order valence-electron chi connectivity index (χ1n) is 14.4. The molecule has 3 saturated heterocycles. The van der Waals surface area contributed by atoms with Crippen molar-refractivity contribution in [3.8, 4) is 0 Å². The Morgan fingerprint density at radius 3 is 2.62 bits per heavy atom. The average Bonchev–Trinajstić information content (AvgIpc) is 3.59. The number of carbonyl (C=O) groups is 2. The van der Waals surface area contributed by atoms with Crippen molar-refractivity contribution < 1.29 is 9.59 Å². The lowest BCUT2D eigenvalue weighted by atomic mass is 10.0. The van der Waals surface area contributed by atoms with Crippen molar-refractivity contribution in [2.75, 3.05) is 67.9 Å². The van der Waals surface area contributed by atoms with Crippen molar-refractivity contribution >= 4 is 48.0 Å². The Hall–Kier alpha value is -2.38. The van der Waals surface area contributed by atoms with Crippen molar-refractivity contribution in [2.45, 2.75) is 48.7 Å². The highest BCUT2D eigenvalue weighted by Crippen LogP contribution is 2.41. The highest BCUT2D eigenvalue weighted by Gasteiger charge is 2.40. The summed E-state index contributed by atoms with van der Waals surface area (Å²) in [5.41, 5.74) is 4.96. The van der Waals surface area contributed by atoms with Gasteiger partial charge in [-0.25, -0.2) is 4.98 Å². The first kappa shape index (κ1) is 26.5. The number of nitrogens with one attached hydrogen (secondary N) is 2. The fraction of sp³-hybridized carbons (Fsp3) is 0.571. The number of thiol groups is 1. The molecule has 12 heteroatoms. The summed E-state index contributed by atoms with van der Waals surface area (Å²) >= 11 is 6.80. The van der Waals surface area contributed by atoms with E-state index in [0.29, 0.717) is 19.4 Å². The number of benzene rings is 1. The predicted octanol–water partition coefficient (Wildman–Crippen LogP) is 1.41. The van der Waals surface area contributed by atoms with Crippen LogP contribution in [-0.2, 0) is 29.1 Å². The smallest absolute Gasteiger partial charge is 0.243 e. The molecule has 5 aliphatic heterocycles. The van der Waals surface area contributed by atoms with E-state index in [1.54, 1.807) is 0 Å². The number of fused-ring (bicyclic) bond motifs is 2. The maximum atomic E-state index is 12.6. The molecule has 2 atom stereocenters. The average molecular weight is 581 g/mol. The molecule has 3 fully saturated rings. The molecule has 5 aliphatic rings. The summed E-state index contributed by atoms with van der Waals surface area (Å²) in [5, 5.41) is 5.81. The zero-order valence-electron chi connectivity index (χ0n) is 22.6. The van der Waals surface area contributed by atoms with Crippen LogP contribution in [0.2, 0.25) is 0 Å². The van der Waals surface area contributed by atoms with Crippen molar-refractivity contribution in [1.82, 2.24) is 30.4 Å². The van der Waals surface area contributed by atoms with E-state index >= 15 is 0 Å². The SMILES string of the molecule is O=C1CCC(N2Cc3c(CN4CCN(c5nc6c(c(N7CCNCC7)n5)SCC6)CC4)cccc3C2S)C(=O)N1. The molecule has 2 N–H and O–H groups in total. The number of amides is 2. The minimum Gasteiger partial charge on any atom is -0.353 e. The molecule has 2 amide bonds. The zero-order valence-corrected chi connectivity index (χ0v) is 24.4. The van der Waals surface area contributed by atoms with E-state index in [4.69, 9.17) is 22.6 Å². The molecule has 7 rings (SSSR count). The van der Waals surface area contributed by atoms with Crippen LogP contribution in [-0.4, -0.2) is 95.7 Å². The number of piperidine rings is 1. The predicted molar refractivity (Wildman–Crippen MR) is 159 cm³/mol. The number of hydrogen-bond donors (Lipinski definition) is 3. The van der Waals surface area contributed by atoms with E-state index in [0.717, 1.165) is 82.8 Å². The third-order valence-corrected chi connectivity index (χ3v) is 10.5. The van der Waals surface area contributed by atoms with E-state index in [1.165, 1.54) is 27.3 Å². The van der Waals surface area contributed by atoms with Gasteiger partial charge in [-0.2, -0.15) is 17.6 Å². The second kappa shape index (κ2) is 11.1. The molecule has 40 heavy (non-hydrogen) atoms. The van der Waals surface area contributed by atoms with Crippen LogP contribution < -0.4 is 20.4 Å². The van der Waals surface area contributed by atoms with Crippen molar-refractivity contribution in [1.29, 1.82) is 0 Å². The lowest BCUT2D eigenvalue weighted by molar-refractivity contribution is -0.137. The van der Waals surface area contributed by atoms with E-state index in [-0.39, 0.29) is 23.2 Å². The molecule has 212 valence electrons. The number of rotatable bonds is 5. The van der Waals surface area contributed by atoms with Gasteiger partial charge in [-0.15, -0.1) is 11.8 Å². The lowest BCUT2D eigenvalue weighted by Gasteiger charge is -2.36. The summed E-state index contributed by atoms with van der Waals surface area (Å²) in [6.45, 7) is 9.24. The minimum atomic E-state index is -0.319. The molecular formula is C28H36N8O2S2. The molecule has 1 aromatic heterocycles. The number of hydrogen-bond acceptors (Lipinski definition) is 11. The van der Waals surface area contributed by atoms with Crippen LogP contribution in [0, 0.1) is 0 Å². The number of piperazine rings is 2. The molecule has 10 nitrogen and oxygen atoms in total. The molecule has 0 spiro atoms. The summed E-state index contributed by atoms with van der Waals surface area (Å²) in [7, 11) is 0. The number of aryl methyl sites for hydroxylation is 1. The summed E-state index contributed by atoms with van der Waals surface area (Å²) in [6, 6.07) is 6.12. The van der Waals surface area contributed by atoms with Gasteiger partial charge in [0, 0.05) is 84.0 Å². The largest absolute Gasteiger partial charge is 0.353 e. The Balaban J connectivity index is 1.03. The Labute approximate surface area is 244 Å². The Morgan fingerprint density at radius 1 is 1.00 bits per heavy atom. The van der Waals surface area contributed by atoms with Crippen LogP contribution in [0.25, 0.3) is 0 Å². The van der Waals surface area contributed by atoms with Crippen molar-refractivity contribution in [3.63, 3.8) is 0 Å². The van der Waals surface area contributed by atoms with E-state index in [9.17, 15) is 9.59 Å². The normalized spacial score (nSPS) is 25.7. The third kappa shape index (κ3) is 4.98. The second-order valence-corrected chi connectivity index (χ2v) is 12.8. The first-order valence-corrected chi connectivity index (χ1v) is 15.9. The first-order chi connectivity index (χ1) is 19.5. The summed E-state index contributed by atoms with van der Waals surface area (Å²) in [6.07, 6.45) is 1.95. The van der Waals surface area contributed by atoms with Crippen LogP contribution in [0.4, 0.5) is 11.8 Å². The van der Waals surface area contributed by atoms with Crippen LogP contribution >= 0.6 is 24.4 Å². The van der Waals surface area contributed by atoms with Gasteiger partial charge < -0.3 is 15.1 Å². The Bertz CT molecular complexity index is 1310. The quantitative estimate of drug-likeness (QED) is 0.356. The van der Waals surface area contributed by atoms with Crippen LogP contribution in [0.5, 0.6) is 0 Å². The van der Waals surface area contributed by atoms with Gasteiger partial charge in [-0.1, -0.05) is 18.2 Å². The van der Waals surface area contributed by atoms with Crippen LogP contribution in [0.3, 0.4) is 0 Å². The summed E-state index contributed by atoms with van der Waals surface area (Å²) < 4.78 is 0. The van der Waals surface area contributed by atoms with Gasteiger partial charge in [0.25, 0.3) is 0 Å². The van der Waals surface area contributed by atoms with Gasteiger partial charge >= 0.3 is 0 Å². The number of carbonyl (C=O) groups excluding carboxylic acids is 2. The van der Waals surface area contributed by atoms with E-state index < -0.39 is 0 Å². The van der Waals surface area contributed by atoms with Gasteiger partial charge in [-0.3, -0.25) is 24.7 Å². The van der Waals surface area contributed by atoms with Gasteiger partial charge in [0.05, 0.1) is 22.0 Å². The molecule has 0 radical (unpaired) electrons. The van der Waals surface area contributed by atoms with E-state index in [2.05, 4.69) is 48.4 Å². The van der Waals surface area contributed by atoms with Gasteiger partial charge in [-0.05, 0) is 23.1 Å². The molecule has 2 aromatic rings. The number of aromatic nitrogens is 2. The maximum Gasteiger partial charge on any atom is 0.243 e. The second-order valence-electron chi connectivity index (χ2n) is 11.2. The standard InChI is InChI=1S/C28H36N8O2S2/c37-23-5-4-22(26(38)31-23)36-17-20-18(2-1-3-19(20)27(36)39)16-33-11-13-35(14-12-33)28-30-21-6-15-40-24(21)25(32-28)34-9-7-29-8-10-34/h1-3,22,27,29,39H,4-17H2,(H,31,37,38). The molecule has 6 heterocycles. The molecule has 1 aromatic carbocycles. The van der Waals surface area contributed by atoms with Crippen molar-refractivity contribution in [3.05, 3.63) is 40.6 Å². The van der Waals surface area contributed by atoms with Crippen molar-refractivity contribution in [2.24, 2.45) is 0 Å². The topological polar surface area (TPSA) is 96.9 Å². The maximum absolute atomic E-state index is 12.6. The lowest BCUT2D eigenvalue weighted by Crippen LogP contribution is -2.51. The van der Waals surface area contributed by atoms with E-state index in [1.807, 2.05) is 11.8 Å².